The average Bonchev–Trinajstić information content (AvgIpc) is 2.40. The van der Waals surface area contributed by atoms with E-state index in [2.05, 4.69) is 36.1 Å². The third-order valence-corrected chi connectivity index (χ3v) is 3.72. The van der Waals surface area contributed by atoms with Gasteiger partial charge >= 0.3 is 0 Å². The van der Waals surface area contributed by atoms with Gasteiger partial charge in [-0.25, -0.2) is 0 Å². The Hall–Kier alpha value is -0.860. The minimum atomic E-state index is 0.166. The minimum absolute atomic E-state index is 0.166. The average molecular weight is 232 g/mol. The Bertz CT molecular complexity index is 325. The van der Waals surface area contributed by atoms with E-state index in [0.29, 0.717) is 0 Å². The maximum absolute atomic E-state index is 6.28. The van der Waals surface area contributed by atoms with E-state index in [0.717, 1.165) is 13.0 Å². The molecule has 1 aliphatic heterocycles. The zero-order chi connectivity index (χ0) is 12.1. The molecule has 1 atom stereocenters. The highest BCUT2D eigenvalue weighted by molar-refractivity contribution is 5.25. The number of nitrogens with two attached hydrogens (primary N) is 1. The first-order valence-corrected chi connectivity index (χ1v) is 6.86. The normalized spacial score (nSPS) is 19.2. The lowest BCUT2D eigenvalue weighted by Gasteiger charge is -2.29. The van der Waals surface area contributed by atoms with Crippen LogP contribution in [-0.4, -0.2) is 24.5 Å². The lowest BCUT2D eigenvalue weighted by molar-refractivity contribution is 0.216. The van der Waals surface area contributed by atoms with Crippen molar-refractivity contribution in [3.63, 3.8) is 0 Å². The summed E-state index contributed by atoms with van der Waals surface area (Å²) in [5.41, 5.74) is 8.93. The topological polar surface area (TPSA) is 29.3 Å². The van der Waals surface area contributed by atoms with Crippen LogP contribution in [-0.2, 0) is 6.42 Å². The molecule has 0 bridgehead atoms. The second kappa shape index (κ2) is 6.18. The number of rotatable bonds is 4. The summed E-state index contributed by atoms with van der Waals surface area (Å²) in [6.45, 7) is 5.63. The van der Waals surface area contributed by atoms with Gasteiger partial charge in [-0.1, -0.05) is 37.6 Å². The fourth-order valence-electron chi connectivity index (χ4n) is 2.53. The molecule has 0 aliphatic carbocycles. The lowest BCUT2D eigenvalue weighted by atomic mass is 10.0. The maximum atomic E-state index is 6.28. The van der Waals surface area contributed by atoms with Gasteiger partial charge in [-0.05, 0) is 43.5 Å². The van der Waals surface area contributed by atoms with Gasteiger partial charge in [0.2, 0.25) is 0 Å². The molecule has 1 unspecified atom stereocenters. The number of piperidine rings is 1. The van der Waals surface area contributed by atoms with Crippen LogP contribution < -0.4 is 5.73 Å². The molecule has 1 saturated heterocycles. The van der Waals surface area contributed by atoms with Gasteiger partial charge in [-0.3, -0.25) is 0 Å². The van der Waals surface area contributed by atoms with Gasteiger partial charge in [-0.15, -0.1) is 0 Å². The molecule has 17 heavy (non-hydrogen) atoms. The number of hydrogen-bond acceptors (Lipinski definition) is 2. The molecule has 1 aromatic rings. The standard InChI is InChI=1S/C15H24N2/c1-2-13-6-8-14(9-7-13)15(16)12-17-10-4-3-5-11-17/h6-9,15H,2-5,10-12,16H2,1H3. The molecule has 1 aliphatic rings. The predicted molar refractivity (Wildman–Crippen MR) is 73.0 cm³/mol. The molecule has 1 fully saturated rings. The van der Waals surface area contributed by atoms with Crippen LogP contribution in [0.2, 0.25) is 0 Å². The Kier molecular flexibility index (Phi) is 4.57. The van der Waals surface area contributed by atoms with Gasteiger partial charge in [0.1, 0.15) is 0 Å². The predicted octanol–water partition coefficient (Wildman–Crippen LogP) is 2.73. The van der Waals surface area contributed by atoms with Crippen LogP contribution in [0.25, 0.3) is 0 Å². The highest BCUT2D eigenvalue weighted by Crippen LogP contribution is 2.16. The zero-order valence-electron chi connectivity index (χ0n) is 10.9. The first kappa shape index (κ1) is 12.6. The molecular weight excluding hydrogens is 208 g/mol. The number of hydrogen-bond donors (Lipinski definition) is 1. The SMILES string of the molecule is CCc1ccc(C(N)CN2CCCCC2)cc1. The van der Waals surface area contributed by atoms with Gasteiger partial charge in [0.25, 0.3) is 0 Å². The summed E-state index contributed by atoms with van der Waals surface area (Å²) in [5.74, 6) is 0. The minimum Gasteiger partial charge on any atom is -0.323 e. The highest BCUT2D eigenvalue weighted by atomic mass is 15.1. The van der Waals surface area contributed by atoms with Crippen molar-refractivity contribution in [1.82, 2.24) is 4.90 Å². The van der Waals surface area contributed by atoms with E-state index in [1.165, 1.54) is 43.5 Å². The van der Waals surface area contributed by atoms with E-state index in [1.807, 2.05) is 0 Å². The molecule has 0 amide bonds. The van der Waals surface area contributed by atoms with Gasteiger partial charge in [0, 0.05) is 12.6 Å². The van der Waals surface area contributed by atoms with Crippen molar-refractivity contribution < 1.29 is 0 Å². The summed E-state index contributed by atoms with van der Waals surface area (Å²) >= 11 is 0. The zero-order valence-corrected chi connectivity index (χ0v) is 10.9. The van der Waals surface area contributed by atoms with E-state index in [4.69, 9.17) is 5.73 Å². The van der Waals surface area contributed by atoms with Crippen LogP contribution in [0.1, 0.15) is 43.4 Å². The number of likely N-dealkylation sites (tertiary alicyclic amines) is 1. The van der Waals surface area contributed by atoms with E-state index < -0.39 is 0 Å². The molecule has 0 spiro atoms. The highest BCUT2D eigenvalue weighted by Gasteiger charge is 2.14. The van der Waals surface area contributed by atoms with Crippen molar-refractivity contribution >= 4 is 0 Å². The van der Waals surface area contributed by atoms with Gasteiger partial charge in [0.15, 0.2) is 0 Å². The van der Waals surface area contributed by atoms with Gasteiger partial charge < -0.3 is 10.6 Å². The molecule has 0 radical (unpaired) electrons. The maximum Gasteiger partial charge on any atom is 0.0424 e. The van der Waals surface area contributed by atoms with Crippen LogP contribution in [0.4, 0.5) is 0 Å². The summed E-state index contributed by atoms with van der Waals surface area (Å²) in [6.07, 6.45) is 5.15. The fourth-order valence-corrected chi connectivity index (χ4v) is 2.53. The van der Waals surface area contributed by atoms with Crippen molar-refractivity contribution in [3.05, 3.63) is 35.4 Å². The smallest absolute Gasteiger partial charge is 0.0424 e. The Morgan fingerprint density at radius 1 is 1.12 bits per heavy atom. The Balaban J connectivity index is 1.91. The molecule has 2 rings (SSSR count). The Morgan fingerprint density at radius 3 is 2.35 bits per heavy atom. The van der Waals surface area contributed by atoms with Crippen molar-refractivity contribution in [1.29, 1.82) is 0 Å². The molecule has 2 N–H and O–H groups in total. The first-order chi connectivity index (χ1) is 8.29. The second-order valence-corrected chi connectivity index (χ2v) is 5.06. The molecule has 2 nitrogen and oxygen atoms in total. The van der Waals surface area contributed by atoms with Crippen LogP contribution in [0.3, 0.4) is 0 Å². The first-order valence-electron chi connectivity index (χ1n) is 6.86. The molecule has 1 aromatic carbocycles. The van der Waals surface area contributed by atoms with Gasteiger partial charge in [0.05, 0.1) is 0 Å². The molecule has 1 heterocycles. The van der Waals surface area contributed by atoms with E-state index >= 15 is 0 Å². The molecule has 0 saturated carbocycles. The number of benzene rings is 1. The van der Waals surface area contributed by atoms with Crippen molar-refractivity contribution in [2.45, 2.75) is 38.6 Å². The molecule has 0 aromatic heterocycles. The second-order valence-electron chi connectivity index (χ2n) is 5.06. The van der Waals surface area contributed by atoms with Crippen molar-refractivity contribution in [3.8, 4) is 0 Å². The Morgan fingerprint density at radius 2 is 1.76 bits per heavy atom. The summed E-state index contributed by atoms with van der Waals surface area (Å²) in [6, 6.07) is 8.94. The van der Waals surface area contributed by atoms with Crippen LogP contribution in [0.15, 0.2) is 24.3 Å². The van der Waals surface area contributed by atoms with E-state index in [9.17, 15) is 0 Å². The molecule has 2 heteroatoms. The van der Waals surface area contributed by atoms with Crippen LogP contribution >= 0.6 is 0 Å². The van der Waals surface area contributed by atoms with Crippen molar-refractivity contribution in [2.75, 3.05) is 19.6 Å². The third kappa shape index (κ3) is 3.55. The fraction of sp³-hybridized carbons (Fsp3) is 0.600. The summed E-state index contributed by atoms with van der Waals surface area (Å²) in [4.78, 5) is 2.50. The third-order valence-electron chi connectivity index (χ3n) is 3.72. The molecular formula is C15H24N2. The summed E-state index contributed by atoms with van der Waals surface area (Å²) in [5, 5.41) is 0. The summed E-state index contributed by atoms with van der Waals surface area (Å²) in [7, 11) is 0. The summed E-state index contributed by atoms with van der Waals surface area (Å²) < 4.78 is 0. The van der Waals surface area contributed by atoms with E-state index in [1.54, 1.807) is 0 Å². The van der Waals surface area contributed by atoms with Crippen LogP contribution in [0, 0.1) is 0 Å². The van der Waals surface area contributed by atoms with Crippen molar-refractivity contribution in [2.24, 2.45) is 5.73 Å². The lowest BCUT2D eigenvalue weighted by Crippen LogP contribution is -2.36. The van der Waals surface area contributed by atoms with Crippen LogP contribution in [0.5, 0.6) is 0 Å². The quantitative estimate of drug-likeness (QED) is 0.865. The molecule has 94 valence electrons. The monoisotopic (exact) mass is 232 g/mol. The van der Waals surface area contributed by atoms with Gasteiger partial charge in [-0.2, -0.15) is 0 Å². The largest absolute Gasteiger partial charge is 0.323 e. The number of aryl methyl sites for hydroxylation is 1. The number of nitrogens with zero attached hydrogens (tertiary/aromatic N) is 1. The van der Waals surface area contributed by atoms with E-state index in [-0.39, 0.29) is 6.04 Å². The Labute approximate surface area is 105 Å².